The van der Waals surface area contributed by atoms with Crippen molar-refractivity contribution in [1.82, 2.24) is 9.88 Å². The largest absolute Gasteiger partial charge is 0.469 e. The molecule has 2 rings (SSSR count). The van der Waals surface area contributed by atoms with Crippen molar-refractivity contribution in [3.8, 4) is 0 Å². The van der Waals surface area contributed by atoms with Gasteiger partial charge in [-0.3, -0.25) is 9.78 Å². The number of ether oxygens (including phenoxy) is 1. The van der Waals surface area contributed by atoms with Gasteiger partial charge in [-0.25, -0.2) is 0 Å². The number of methoxy groups -OCH3 is 1. The summed E-state index contributed by atoms with van der Waals surface area (Å²) in [6, 6.07) is 5.98. The second kappa shape index (κ2) is 6.50. The number of esters is 1. The standard InChI is InChI=1S/C14H20N2O2/c1-18-14(17)12-5-4-9-16(11-12)10-7-13-6-2-3-8-15-13/h2-3,6,8,12H,4-5,7,9-11H2,1H3/t12-/m0/s1. The quantitative estimate of drug-likeness (QED) is 0.757. The molecular weight excluding hydrogens is 228 g/mol. The molecule has 0 saturated carbocycles. The van der Waals surface area contributed by atoms with Crippen LogP contribution in [0.4, 0.5) is 0 Å². The van der Waals surface area contributed by atoms with Crippen molar-refractivity contribution in [3.63, 3.8) is 0 Å². The van der Waals surface area contributed by atoms with E-state index in [0.717, 1.165) is 44.6 Å². The predicted molar refractivity (Wildman–Crippen MR) is 69.1 cm³/mol. The van der Waals surface area contributed by atoms with Gasteiger partial charge in [-0.2, -0.15) is 0 Å². The molecule has 0 aliphatic carbocycles. The van der Waals surface area contributed by atoms with Gasteiger partial charge in [-0.05, 0) is 31.5 Å². The van der Waals surface area contributed by atoms with Gasteiger partial charge in [0.25, 0.3) is 0 Å². The van der Waals surface area contributed by atoms with Crippen molar-refractivity contribution < 1.29 is 9.53 Å². The summed E-state index contributed by atoms with van der Waals surface area (Å²) >= 11 is 0. The Morgan fingerprint density at radius 1 is 1.56 bits per heavy atom. The number of hydrogen-bond donors (Lipinski definition) is 0. The normalized spacial score (nSPS) is 20.6. The van der Waals surface area contributed by atoms with Gasteiger partial charge in [0.1, 0.15) is 0 Å². The summed E-state index contributed by atoms with van der Waals surface area (Å²) in [5, 5.41) is 0. The number of likely N-dealkylation sites (tertiary alicyclic amines) is 1. The number of nitrogens with zero attached hydrogens (tertiary/aromatic N) is 2. The molecule has 1 atom stereocenters. The molecular formula is C14H20N2O2. The van der Waals surface area contributed by atoms with Gasteiger partial charge in [-0.1, -0.05) is 6.07 Å². The minimum atomic E-state index is -0.0717. The zero-order chi connectivity index (χ0) is 12.8. The van der Waals surface area contributed by atoms with Crippen LogP contribution in [0.2, 0.25) is 0 Å². The molecule has 2 heterocycles. The maximum Gasteiger partial charge on any atom is 0.309 e. The molecule has 1 fully saturated rings. The first-order chi connectivity index (χ1) is 8.79. The summed E-state index contributed by atoms with van der Waals surface area (Å²) in [4.78, 5) is 18.2. The third-order valence-corrected chi connectivity index (χ3v) is 3.45. The third-order valence-electron chi connectivity index (χ3n) is 3.45. The predicted octanol–water partition coefficient (Wildman–Crippen LogP) is 1.51. The number of aromatic nitrogens is 1. The minimum Gasteiger partial charge on any atom is -0.469 e. The van der Waals surface area contributed by atoms with E-state index in [1.54, 1.807) is 0 Å². The Labute approximate surface area is 108 Å². The van der Waals surface area contributed by atoms with Crippen LogP contribution < -0.4 is 0 Å². The van der Waals surface area contributed by atoms with Crippen molar-refractivity contribution in [3.05, 3.63) is 30.1 Å². The first-order valence-electron chi connectivity index (χ1n) is 6.49. The number of hydrogen-bond acceptors (Lipinski definition) is 4. The smallest absolute Gasteiger partial charge is 0.309 e. The van der Waals surface area contributed by atoms with Gasteiger partial charge < -0.3 is 9.64 Å². The molecule has 1 aliphatic heterocycles. The van der Waals surface area contributed by atoms with Crippen LogP contribution >= 0.6 is 0 Å². The number of rotatable bonds is 4. The second-order valence-electron chi connectivity index (χ2n) is 4.73. The molecule has 1 saturated heterocycles. The lowest BCUT2D eigenvalue weighted by Crippen LogP contribution is -2.40. The monoisotopic (exact) mass is 248 g/mol. The fourth-order valence-electron chi connectivity index (χ4n) is 2.44. The van der Waals surface area contributed by atoms with Gasteiger partial charge in [0.05, 0.1) is 13.0 Å². The molecule has 4 nitrogen and oxygen atoms in total. The highest BCUT2D eigenvalue weighted by molar-refractivity contribution is 5.72. The summed E-state index contributed by atoms with van der Waals surface area (Å²) in [6.45, 7) is 2.85. The third kappa shape index (κ3) is 3.53. The summed E-state index contributed by atoms with van der Waals surface area (Å²) in [5.41, 5.74) is 1.11. The molecule has 0 spiro atoms. The van der Waals surface area contributed by atoms with Gasteiger partial charge in [0.15, 0.2) is 0 Å². The molecule has 1 aliphatic rings. The van der Waals surface area contributed by atoms with E-state index in [-0.39, 0.29) is 11.9 Å². The molecule has 0 aromatic carbocycles. The highest BCUT2D eigenvalue weighted by Gasteiger charge is 2.25. The fraction of sp³-hybridized carbons (Fsp3) is 0.571. The summed E-state index contributed by atoms with van der Waals surface area (Å²) < 4.78 is 4.82. The molecule has 0 unspecified atom stereocenters. The van der Waals surface area contributed by atoms with Gasteiger partial charge in [0, 0.05) is 31.4 Å². The van der Waals surface area contributed by atoms with E-state index in [1.807, 2.05) is 24.4 Å². The maximum atomic E-state index is 11.5. The summed E-state index contributed by atoms with van der Waals surface area (Å²) in [5.74, 6) is -0.0231. The molecule has 4 heteroatoms. The summed E-state index contributed by atoms with van der Waals surface area (Å²) in [7, 11) is 1.47. The van der Waals surface area contributed by atoms with Crippen LogP contribution in [0.25, 0.3) is 0 Å². The highest BCUT2D eigenvalue weighted by Crippen LogP contribution is 2.17. The van der Waals surface area contributed by atoms with Gasteiger partial charge in [0.2, 0.25) is 0 Å². The van der Waals surface area contributed by atoms with Crippen molar-refractivity contribution in [2.24, 2.45) is 5.92 Å². The highest BCUT2D eigenvalue weighted by atomic mass is 16.5. The fourth-order valence-corrected chi connectivity index (χ4v) is 2.44. The number of carbonyl (C=O) groups excluding carboxylic acids is 1. The zero-order valence-electron chi connectivity index (χ0n) is 10.8. The number of piperidine rings is 1. The molecule has 1 aromatic rings. The molecule has 0 radical (unpaired) electrons. The maximum absolute atomic E-state index is 11.5. The molecule has 0 N–H and O–H groups in total. The lowest BCUT2D eigenvalue weighted by atomic mass is 9.98. The van der Waals surface area contributed by atoms with Crippen LogP contribution in [-0.4, -0.2) is 42.6 Å². The lowest BCUT2D eigenvalue weighted by molar-refractivity contribution is -0.147. The van der Waals surface area contributed by atoms with Gasteiger partial charge >= 0.3 is 5.97 Å². The Morgan fingerprint density at radius 2 is 2.44 bits per heavy atom. The lowest BCUT2D eigenvalue weighted by Gasteiger charge is -2.31. The Kier molecular flexibility index (Phi) is 4.70. The summed E-state index contributed by atoms with van der Waals surface area (Å²) in [6.07, 6.45) is 4.78. The first kappa shape index (κ1) is 13.0. The van der Waals surface area contributed by atoms with Gasteiger partial charge in [-0.15, -0.1) is 0 Å². The first-order valence-corrected chi connectivity index (χ1v) is 6.49. The van der Waals surface area contributed by atoms with Crippen LogP contribution in [0.15, 0.2) is 24.4 Å². The SMILES string of the molecule is COC(=O)[C@H]1CCCN(CCc2ccccn2)C1. The van der Waals surface area contributed by atoms with Crippen LogP contribution in [0.5, 0.6) is 0 Å². The average Bonchev–Trinajstić information content (AvgIpc) is 2.45. The number of carbonyl (C=O) groups is 1. The Hall–Kier alpha value is -1.42. The Bertz CT molecular complexity index is 381. The van der Waals surface area contributed by atoms with Crippen LogP contribution in [0, 0.1) is 5.92 Å². The van der Waals surface area contributed by atoms with E-state index < -0.39 is 0 Å². The molecule has 98 valence electrons. The topological polar surface area (TPSA) is 42.4 Å². The molecule has 1 aromatic heterocycles. The molecule has 18 heavy (non-hydrogen) atoms. The van der Waals surface area contributed by atoms with E-state index in [2.05, 4.69) is 9.88 Å². The van der Waals surface area contributed by atoms with E-state index in [0.29, 0.717) is 0 Å². The van der Waals surface area contributed by atoms with Crippen molar-refractivity contribution in [2.75, 3.05) is 26.7 Å². The van der Waals surface area contributed by atoms with Crippen molar-refractivity contribution in [2.45, 2.75) is 19.3 Å². The van der Waals surface area contributed by atoms with Crippen molar-refractivity contribution in [1.29, 1.82) is 0 Å². The van der Waals surface area contributed by atoms with E-state index in [1.165, 1.54) is 7.11 Å². The Balaban J connectivity index is 1.81. The van der Waals surface area contributed by atoms with Crippen LogP contribution in [0.1, 0.15) is 18.5 Å². The number of pyridine rings is 1. The zero-order valence-corrected chi connectivity index (χ0v) is 10.8. The van der Waals surface area contributed by atoms with E-state index >= 15 is 0 Å². The van der Waals surface area contributed by atoms with E-state index in [4.69, 9.17) is 4.74 Å². The minimum absolute atomic E-state index is 0.0486. The van der Waals surface area contributed by atoms with Crippen LogP contribution in [-0.2, 0) is 16.0 Å². The van der Waals surface area contributed by atoms with Crippen LogP contribution in [0.3, 0.4) is 0 Å². The second-order valence-corrected chi connectivity index (χ2v) is 4.73. The Morgan fingerprint density at radius 3 is 3.17 bits per heavy atom. The molecule has 0 amide bonds. The molecule has 0 bridgehead atoms. The van der Waals surface area contributed by atoms with Crippen molar-refractivity contribution >= 4 is 5.97 Å². The average molecular weight is 248 g/mol. The van der Waals surface area contributed by atoms with E-state index in [9.17, 15) is 4.79 Å².